The number of carbonyl (C=O) groups is 1. The number of carbonyl (C=O) groups excluding carboxylic acids is 1. The van der Waals surface area contributed by atoms with E-state index in [0.29, 0.717) is 13.0 Å². The molecule has 2 N–H and O–H groups in total. The highest BCUT2D eigenvalue weighted by Gasteiger charge is 2.19. The monoisotopic (exact) mass is 209 g/mol. The van der Waals surface area contributed by atoms with Crippen molar-refractivity contribution in [1.29, 1.82) is 5.26 Å². The maximum Gasteiger partial charge on any atom is 0.224 e. The first-order valence-electron chi connectivity index (χ1n) is 5.70. The number of unbranched alkanes of at least 4 members (excludes halogenated alkanes) is 2. The first-order valence-corrected chi connectivity index (χ1v) is 5.70. The van der Waals surface area contributed by atoms with Crippen LogP contribution in [0.1, 0.15) is 32.1 Å². The molecule has 1 aliphatic heterocycles. The van der Waals surface area contributed by atoms with Gasteiger partial charge in [0, 0.05) is 19.5 Å². The Morgan fingerprint density at radius 3 is 3.07 bits per heavy atom. The molecule has 0 aromatic heterocycles. The standard InChI is InChI=1S/C11H19N3O/c12-6-2-1-3-8-14-11(15)10-5-4-7-13-9-10/h10,13H,1-5,7-9H2,(H,14,15). The van der Waals surface area contributed by atoms with Gasteiger partial charge in [0.2, 0.25) is 5.91 Å². The van der Waals surface area contributed by atoms with Gasteiger partial charge >= 0.3 is 0 Å². The molecular formula is C11H19N3O. The molecule has 4 nitrogen and oxygen atoms in total. The van der Waals surface area contributed by atoms with Crippen molar-refractivity contribution in [2.45, 2.75) is 32.1 Å². The van der Waals surface area contributed by atoms with E-state index in [1.54, 1.807) is 0 Å². The number of amides is 1. The Balaban J connectivity index is 2.05. The fourth-order valence-electron chi connectivity index (χ4n) is 1.76. The third-order valence-electron chi connectivity index (χ3n) is 2.68. The van der Waals surface area contributed by atoms with E-state index in [9.17, 15) is 4.79 Å². The Hall–Kier alpha value is -1.08. The van der Waals surface area contributed by atoms with E-state index in [1.807, 2.05) is 0 Å². The van der Waals surface area contributed by atoms with Crippen LogP contribution in [0.3, 0.4) is 0 Å². The van der Waals surface area contributed by atoms with Crippen LogP contribution in [0.5, 0.6) is 0 Å². The lowest BCUT2D eigenvalue weighted by Gasteiger charge is -2.21. The highest BCUT2D eigenvalue weighted by Crippen LogP contribution is 2.09. The largest absolute Gasteiger partial charge is 0.356 e. The van der Waals surface area contributed by atoms with E-state index in [-0.39, 0.29) is 11.8 Å². The summed E-state index contributed by atoms with van der Waals surface area (Å²) in [5.74, 6) is 0.314. The van der Waals surface area contributed by atoms with Crippen molar-refractivity contribution in [2.24, 2.45) is 5.92 Å². The van der Waals surface area contributed by atoms with Gasteiger partial charge in [-0.15, -0.1) is 0 Å². The second-order valence-electron chi connectivity index (χ2n) is 3.95. The molecule has 0 aromatic carbocycles. The Labute approximate surface area is 91.0 Å². The lowest BCUT2D eigenvalue weighted by atomic mass is 9.99. The molecule has 1 saturated heterocycles. The number of piperidine rings is 1. The number of nitriles is 1. The average Bonchev–Trinajstić information content (AvgIpc) is 2.30. The van der Waals surface area contributed by atoms with Crippen LogP contribution in [-0.2, 0) is 4.79 Å². The Morgan fingerprint density at radius 1 is 1.53 bits per heavy atom. The van der Waals surface area contributed by atoms with E-state index in [0.717, 1.165) is 38.8 Å². The molecule has 15 heavy (non-hydrogen) atoms. The Bertz CT molecular complexity index is 228. The van der Waals surface area contributed by atoms with Crippen LogP contribution >= 0.6 is 0 Å². The van der Waals surface area contributed by atoms with Crippen LogP contribution in [0, 0.1) is 17.2 Å². The van der Waals surface area contributed by atoms with Gasteiger partial charge in [-0.3, -0.25) is 4.79 Å². The highest BCUT2D eigenvalue weighted by molar-refractivity contribution is 5.78. The van der Waals surface area contributed by atoms with E-state index in [1.165, 1.54) is 0 Å². The van der Waals surface area contributed by atoms with Gasteiger partial charge in [-0.25, -0.2) is 0 Å². The van der Waals surface area contributed by atoms with Gasteiger partial charge in [0.05, 0.1) is 12.0 Å². The molecule has 0 radical (unpaired) electrons. The summed E-state index contributed by atoms with van der Waals surface area (Å²) in [5, 5.41) is 14.5. The van der Waals surface area contributed by atoms with Gasteiger partial charge in [0.25, 0.3) is 0 Å². The second-order valence-corrected chi connectivity index (χ2v) is 3.95. The predicted octanol–water partition coefficient (Wildman–Crippen LogP) is 0.796. The average molecular weight is 209 g/mol. The van der Waals surface area contributed by atoms with Gasteiger partial charge in [-0.1, -0.05) is 0 Å². The molecule has 0 saturated carbocycles. The van der Waals surface area contributed by atoms with Crippen LogP contribution in [0.2, 0.25) is 0 Å². The quantitative estimate of drug-likeness (QED) is 0.658. The van der Waals surface area contributed by atoms with Crippen molar-refractivity contribution in [2.75, 3.05) is 19.6 Å². The number of rotatable bonds is 5. The van der Waals surface area contributed by atoms with Gasteiger partial charge < -0.3 is 10.6 Å². The summed E-state index contributed by atoms with van der Waals surface area (Å²) in [5.41, 5.74) is 0. The fourth-order valence-corrected chi connectivity index (χ4v) is 1.76. The lowest BCUT2D eigenvalue weighted by Crippen LogP contribution is -2.40. The van der Waals surface area contributed by atoms with Crippen molar-refractivity contribution >= 4 is 5.91 Å². The summed E-state index contributed by atoms with van der Waals surface area (Å²) in [6, 6.07) is 2.10. The molecule has 84 valence electrons. The van der Waals surface area contributed by atoms with Crippen LogP contribution in [0.25, 0.3) is 0 Å². The maximum absolute atomic E-state index is 11.6. The molecule has 1 aliphatic rings. The minimum Gasteiger partial charge on any atom is -0.356 e. The molecule has 1 fully saturated rings. The zero-order valence-corrected chi connectivity index (χ0v) is 9.09. The van der Waals surface area contributed by atoms with Crippen molar-refractivity contribution in [3.63, 3.8) is 0 Å². The molecule has 0 aromatic rings. The molecular weight excluding hydrogens is 190 g/mol. The third-order valence-corrected chi connectivity index (χ3v) is 2.68. The fraction of sp³-hybridized carbons (Fsp3) is 0.818. The minimum atomic E-state index is 0.148. The van der Waals surface area contributed by atoms with Crippen LogP contribution in [-0.4, -0.2) is 25.5 Å². The summed E-state index contributed by atoms with van der Waals surface area (Å²) in [6.07, 6.45) is 4.45. The van der Waals surface area contributed by atoms with Crippen molar-refractivity contribution in [3.05, 3.63) is 0 Å². The maximum atomic E-state index is 11.6. The summed E-state index contributed by atoms with van der Waals surface area (Å²) < 4.78 is 0. The molecule has 1 heterocycles. The Kier molecular flexibility index (Phi) is 5.79. The Morgan fingerprint density at radius 2 is 2.40 bits per heavy atom. The third kappa shape index (κ3) is 4.80. The SMILES string of the molecule is N#CCCCCNC(=O)C1CCCNC1. The van der Waals surface area contributed by atoms with Crippen LogP contribution in [0.4, 0.5) is 0 Å². The first-order chi connectivity index (χ1) is 7.34. The predicted molar refractivity (Wildman–Crippen MR) is 58.1 cm³/mol. The zero-order valence-electron chi connectivity index (χ0n) is 9.09. The molecule has 4 heteroatoms. The molecule has 1 atom stereocenters. The van der Waals surface area contributed by atoms with E-state index >= 15 is 0 Å². The summed E-state index contributed by atoms with van der Waals surface area (Å²) in [4.78, 5) is 11.6. The van der Waals surface area contributed by atoms with E-state index < -0.39 is 0 Å². The van der Waals surface area contributed by atoms with E-state index in [2.05, 4.69) is 16.7 Å². The number of hydrogen-bond donors (Lipinski definition) is 2. The highest BCUT2D eigenvalue weighted by atomic mass is 16.1. The van der Waals surface area contributed by atoms with Crippen molar-refractivity contribution in [3.8, 4) is 6.07 Å². The van der Waals surface area contributed by atoms with Gasteiger partial charge in [0.15, 0.2) is 0 Å². The second kappa shape index (κ2) is 7.24. The molecule has 0 bridgehead atoms. The van der Waals surface area contributed by atoms with Crippen LogP contribution in [0.15, 0.2) is 0 Å². The lowest BCUT2D eigenvalue weighted by molar-refractivity contribution is -0.125. The van der Waals surface area contributed by atoms with Crippen LogP contribution < -0.4 is 10.6 Å². The van der Waals surface area contributed by atoms with Crippen molar-refractivity contribution in [1.82, 2.24) is 10.6 Å². The smallest absolute Gasteiger partial charge is 0.224 e. The molecule has 1 unspecified atom stereocenters. The molecule has 1 amide bonds. The number of nitrogens with zero attached hydrogens (tertiary/aromatic N) is 1. The molecule has 0 spiro atoms. The zero-order chi connectivity index (χ0) is 10.9. The van der Waals surface area contributed by atoms with E-state index in [4.69, 9.17) is 5.26 Å². The van der Waals surface area contributed by atoms with Crippen molar-refractivity contribution < 1.29 is 4.79 Å². The first kappa shape index (κ1) is 12.0. The summed E-state index contributed by atoms with van der Waals surface area (Å²) in [6.45, 7) is 2.55. The summed E-state index contributed by atoms with van der Waals surface area (Å²) >= 11 is 0. The topological polar surface area (TPSA) is 64.9 Å². The number of nitrogens with one attached hydrogen (secondary N) is 2. The van der Waals surface area contributed by atoms with Gasteiger partial charge in [-0.05, 0) is 32.2 Å². The number of hydrogen-bond acceptors (Lipinski definition) is 3. The minimum absolute atomic E-state index is 0.148. The summed E-state index contributed by atoms with van der Waals surface area (Å²) in [7, 11) is 0. The molecule has 1 rings (SSSR count). The van der Waals surface area contributed by atoms with Gasteiger partial charge in [0.1, 0.15) is 0 Å². The molecule has 0 aliphatic carbocycles. The van der Waals surface area contributed by atoms with Gasteiger partial charge in [-0.2, -0.15) is 5.26 Å². The normalized spacial score (nSPS) is 20.6.